The number of aliphatic hydroxyl groups excluding tert-OH is 1. The quantitative estimate of drug-likeness (QED) is 0.581. The average Bonchev–Trinajstić information content (AvgIpc) is 2.74. The molecule has 0 aromatic heterocycles. The first-order valence-corrected chi connectivity index (χ1v) is 6.67. The van der Waals surface area contributed by atoms with E-state index in [-0.39, 0.29) is 17.9 Å². The van der Waals surface area contributed by atoms with Gasteiger partial charge in [-0.25, -0.2) is 0 Å². The minimum Gasteiger partial charge on any atom is -0.396 e. The van der Waals surface area contributed by atoms with Crippen LogP contribution < -0.4 is 5.32 Å². The lowest BCUT2D eigenvalue weighted by molar-refractivity contribution is -0.125. The van der Waals surface area contributed by atoms with Crippen molar-refractivity contribution >= 4 is 29.1 Å². The molecule has 1 saturated carbocycles. The summed E-state index contributed by atoms with van der Waals surface area (Å²) in [5.41, 5.74) is -0.723. The molecule has 17 heavy (non-hydrogen) atoms. The number of hydrogen-bond donors (Lipinski definition) is 2. The number of carbonyl (C=O) groups is 1. The zero-order valence-corrected chi connectivity index (χ0v) is 12.2. The monoisotopic (exact) mass is 281 g/mol. The summed E-state index contributed by atoms with van der Waals surface area (Å²) in [4.78, 5) is 11.8. The van der Waals surface area contributed by atoms with E-state index in [0.717, 1.165) is 12.8 Å². The topological polar surface area (TPSA) is 49.3 Å². The molecule has 5 heteroatoms. The second-order valence-corrected chi connectivity index (χ2v) is 7.38. The second kappa shape index (κ2) is 4.94. The van der Waals surface area contributed by atoms with Crippen LogP contribution >= 0.6 is 23.2 Å². The molecule has 0 heterocycles. The van der Waals surface area contributed by atoms with Gasteiger partial charge in [-0.15, -0.1) is 23.2 Å². The van der Waals surface area contributed by atoms with Crippen LogP contribution in [0.5, 0.6) is 0 Å². The Balaban J connectivity index is 2.23. The summed E-state index contributed by atoms with van der Waals surface area (Å²) in [6.07, 6.45) is 2.22. The molecule has 1 rings (SSSR count). The van der Waals surface area contributed by atoms with Gasteiger partial charge in [-0.1, -0.05) is 13.8 Å². The first-order chi connectivity index (χ1) is 7.65. The van der Waals surface area contributed by atoms with Crippen molar-refractivity contribution in [2.24, 2.45) is 10.8 Å². The van der Waals surface area contributed by atoms with Crippen molar-refractivity contribution in [1.82, 2.24) is 5.32 Å². The van der Waals surface area contributed by atoms with E-state index in [2.05, 4.69) is 5.32 Å². The molecule has 0 bridgehead atoms. The SMILES string of the molecule is CC(C)(CO)CCCNC(=O)C1(C)CC1(Cl)Cl. The molecule has 0 aromatic rings. The van der Waals surface area contributed by atoms with Crippen molar-refractivity contribution in [3.05, 3.63) is 0 Å². The molecule has 3 nitrogen and oxygen atoms in total. The molecule has 1 atom stereocenters. The third-order valence-electron chi connectivity index (χ3n) is 3.50. The van der Waals surface area contributed by atoms with Crippen LogP contribution in [0.4, 0.5) is 0 Å². The highest BCUT2D eigenvalue weighted by Gasteiger charge is 2.67. The zero-order chi connectivity index (χ0) is 13.3. The van der Waals surface area contributed by atoms with Crippen molar-refractivity contribution in [3.8, 4) is 0 Å². The number of carbonyl (C=O) groups excluding carboxylic acids is 1. The van der Waals surface area contributed by atoms with E-state index in [9.17, 15) is 4.79 Å². The van der Waals surface area contributed by atoms with Crippen molar-refractivity contribution in [2.75, 3.05) is 13.2 Å². The molecule has 100 valence electrons. The Hall–Kier alpha value is 0.01000. The van der Waals surface area contributed by atoms with Crippen LogP contribution in [0.15, 0.2) is 0 Å². The van der Waals surface area contributed by atoms with Crippen LogP contribution in [0.1, 0.15) is 40.0 Å². The Morgan fingerprint density at radius 2 is 2.00 bits per heavy atom. The van der Waals surface area contributed by atoms with Gasteiger partial charge in [-0.2, -0.15) is 0 Å². The minimum absolute atomic E-state index is 0.0793. The Bertz CT molecular complexity index is 305. The van der Waals surface area contributed by atoms with E-state index < -0.39 is 9.75 Å². The van der Waals surface area contributed by atoms with Crippen LogP contribution in [0.2, 0.25) is 0 Å². The van der Waals surface area contributed by atoms with Gasteiger partial charge in [0.2, 0.25) is 5.91 Å². The Morgan fingerprint density at radius 1 is 1.47 bits per heavy atom. The van der Waals surface area contributed by atoms with Crippen LogP contribution in [-0.4, -0.2) is 28.5 Å². The first-order valence-electron chi connectivity index (χ1n) is 5.92. The summed E-state index contributed by atoms with van der Waals surface area (Å²) in [5.74, 6) is -0.0793. The maximum atomic E-state index is 11.8. The van der Waals surface area contributed by atoms with Gasteiger partial charge < -0.3 is 10.4 Å². The number of halogens is 2. The van der Waals surface area contributed by atoms with Gasteiger partial charge in [0, 0.05) is 13.2 Å². The largest absolute Gasteiger partial charge is 0.396 e. The summed E-state index contributed by atoms with van der Waals surface area (Å²) in [7, 11) is 0. The van der Waals surface area contributed by atoms with Gasteiger partial charge in [-0.05, 0) is 31.6 Å². The molecule has 0 saturated heterocycles. The molecule has 1 unspecified atom stereocenters. The molecule has 0 radical (unpaired) electrons. The molecule has 1 aliphatic carbocycles. The maximum absolute atomic E-state index is 11.8. The van der Waals surface area contributed by atoms with E-state index in [1.807, 2.05) is 13.8 Å². The lowest BCUT2D eigenvalue weighted by Gasteiger charge is -2.21. The molecule has 1 aliphatic rings. The predicted octanol–water partition coefficient (Wildman–Crippen LogP) is 2.49. The normalized spacial score (nSPS) is 26.7. The number of nitrogens with one attached hydrogen (secondary N) is 1. The van der Waals surface area contributed by atoms with Crippen LogP contribution in [0, 0.1) is 10.8 Å². The van der Waals surface area contributed by atoms with E-state index in [4.69, 9.17) is 28.3 Å². The third kappa shape index (κ3) is 3.49. The van der Waals surface area contributed by atoms with E-state index >= 15 is 0 Å². The zero-order valence-electron chi connectivity index (χ0n) is 10.6. The van der Waals surface area contributed by atoms with E-state index in [1.165, 1.54) is 0 Å². The highest BCUT2D eigenvalue weighted by molar-refractivity contribution is 6.53. The van der Waals surface area contributed by atoms with Gasteiger partial charge in [0.05, 0.1) is 5.41 Å². The van der Waals surface area contributed by atoms with Crippen molar-refractivity contribution in [1.29, 1.82) is 0 Å². The highest BCUT2D eigenvalue weighted by atomic mass is 35.5. The predicted molar refractivity (Wildman–Crippen MR) is 70.3 cm³/mol. The average molecular weight is 282 g/mol. The van der Waals surface area contributed by atoms with Gasteiger partial charge in [0.15, 0.2) is 0 Å². The Morgan fingerprint density at radius 3 is 2.41 bits per heavy atom. The Kier molecular flexibility index (Phi) is 4.38. The lowest BCUT2D eigenvalue weighted by Crippen LogP contribution is -2.34. The third-order valence-corrected chi connectivity index (χ3v) is 4.60. The molecular weight excluding hydrogens is 261 g/mol. The number of rotatable bonds is 6. The molecule has 0 aliphatic heterocycles. The van der Waals surface area contributed by atoms with Crippen LogP contribution in [-0.2, 0) is 4.79 Å². The number of amides is 1. The Labute approximate surface area is 113 Å². The summed E-state index contributed by atoms with van der Waals surface area (Å²) >= 11 is 11.8. The van der Waals surface area contributed by atoms with E-state index in [0.29, 0.717) is 13.0 Å². The minimum atomic E-state index is -0.901. The number of aliphatic hydroxyl groups is 1. The fourth-order valence-electron chi connectivity index (χ4n) is 1.69. The smallest absolute Gasteiger partial charge is 0.229 e. The summed E-state index contributed by atoms with van der Waals surface area (Å²) in [6, 6.07) is 0. The highest BCUT2D eigenvalue weighted by Crippen LogP contribution is 2.63. The summed E-state index contributed by atoms with van der Waals surface area (Å²) in [5, 5.41) is 11.9. The first kappa shape index (κ1) is 15.1. The van der Waals surface area contributed by atoms with Crippen LogP contribution in [0.3, 0.4) is 0 Å². The summed E-state index contributed by atoms with van der Waals surface area (Å²) < 4.78 is -0.901. The standard InChI is InChI=1S/C12H21Cl2NO2/c1-10(2,8-16)5-4-6-15-9(17)11(3)7-12(11,13)14/h16H,4-8H2,1-3H3,(H,15,17). The molecular formula is C12H21Cl2NO2. The van der Waals surface area contributed by atoms with Crippen molar-refractivity contribution in [2.45, 2.75) is 44.4 Å². The molecule has 0 spiro atoms. The van der Waals surface area contributed by atoms with E-state index in [1.54, 1.807) is 6.92 Å². The second-order valence-electron chi connectivity index (χ2n) is 5.90. The summed E-state index contributed by atoms with van der Waals surface area (Å²) in [6.45, 7) is 6.53. The van der Waals surface area contributed by atoms with Crippen molar-refractivity contribution < 1.29 is 9.90 Å². The fourth-order valence-corrected chi connectivity index (χ4v) is 2.40. The fraction of sp³-hybridized carbons (Fsp3) is 0.917. The maximum Gasteiger partial charge on any atom is 0.229 e. The molecule has 1 fully saturated rings. The number of alkyl halides is 2. The molecule has 0 aromatic carbocycles. The van der Waals surface area contributed by atoms with Gasteiger partial charge in [0.1, 0.15) is 4.33 Å². The van der Waals surface area contributed by atoms with Gasteiger partial charge in [0.25, 0.3) is 0 Å². The number of hydrogen-bond acceptors (Lipinski definition) is 2. The van der Waals surface area contributed by atoms with Gasteiger partial charge in [-0.3, -0.25) is 4.79 Å². The van der Waals surface area contributed by atoms with Gasteiger partial charge >= 0.3 is 0 Å². The van der Waals surface area contributed by atoms with Crippen LogP contribution in [0.25, 0.3) is 0 Å². The van der Waals surface area contributed by atoms with Crippen molar-refractivity contribution in [3.63, 3.8) is 0 Å². The lowest BCUT2D eigenvalue weighted by atomic mass is 9.89. The molecule has 2 N–H and O–H groups in total. The molecule has 1 amide bonds.